The van der Waals surface area contributed by atoms with Crippen LogP contribution in [-0.2, 0) is 4.79 Å². The van der Waals surface area contributed by atoms with Gasteiger partial charge in [0.15, 0.2) is 0 Å². The minimum atomic E-state index is -0.442. The Kier molecular flexibility index (Phi) is 5.08. The minimum Gasteiger partial charge on any atom is -0.341 e. The number of urea groups is 1. The molecule has 0 aliphatic rings. The summed E-state index contributed by atoms with van der Waals surface area (Å²) in [6.07, 6.45) is 0. The van der Waals surface area contributed by atoms with Crippen molar-refractivity contribution < 1.29 is 14.0 Å². The van der Waals surface area contributed by atoms with Crippen molar-refractivity contribution >= 4 is 33.6 Å². The summed E-state index contributed by atoms with van der Waals surface area (Å²) in [5.41, 5.74) is 1.09. The first-order valence-corrected chi connectivity index (χ1v) is 5.94. The standard InChI is InChI=1S/C11H13BrFN3O2/c1-6-3-8(13)7(12)4-9(6)16-10(17)5-15-11(18)14-2/h3-4H,5H2,1-2H3,(H,16,17)(H2,14,15,18). The predicted molar refractivity (Wildman–Crippen MR) is 69.9 cm³/mol. The Morgan fingerprint density at radius 1 is 1.39 bits per heavy atom. The van der Waals surface area contributed by atoms with Gasteiger partial charge in [0, 0.05) is 12.7 Å². The molecule has 5 nitrogen and oxygen atoms in total. The number of hydrogen-bond acceptors (Lipinski definition) is 2. The topological polar surface area (TPSA) is 70.2 Å². The van der Waals surface area contributed by atoms with Gasteiger partial charge in [0.2, 0.25) is 5.91 Å². The Morgan fingerprint density at radius 2 is 2.06 bits per heavy atom. The Balaban J connectivity index is 2.65. The number of rotatable bonds is 3. The van der Waals surface area contributed by atoms with Gasteiger partial charge in [0.1, 0.15) is 5.82 Å². The number of anilines is 1. The van der Waals surface area contributed by atoms with Gasteiger partial charge in [-0.15, -0.1) is 0 Å². The van der Waals surface area contributed by atoms with Gasteiger partial charge in [-0.05, 0) is 40.5 Å². The van der Waals surface area contributed by atoms with E-state index in [2.05, 4.69) is 31.9 Å². The zero-order chi connectivity index (χ0) is 13.7. The molecule has 98 valence electrons. The van der Waals surface area contributed by atoms with Crippen LogP contribution in [-0.4, -0.2) is 25.5 Å². The molecule has 0 unspecified atom stereocenters. The third-order valence-electron chi connectivity index (χ3n) is 2.18. The van der Waals surface area contributed by atoms with E-state index in [0.717, 1.165) is 0 Å². The summed E-state index contributed by atoms with van der Waals surface area (Å²) in [5, 5.41) is 7.25. The smallest absolute Gasteiger partial charge is 0.314 e. The lowest BCUT2D eigenvalue weighted by atomic mass is 10.2. The van der Waals surface area contributed by atoms with Gasteiger partial charge in [0.05, 0.1) is 11.0 Å². The van der Waals surface area contributed by atoms with Crippen molar-refractivity contribution in [1.29, 1.82) is 0 Å². The van der Waals surface area contributed by atoms with E-state index in [-0.39, 0.29) is 16.9 Å². The molecule has 3 N–H and O–H groups in total. The maximum absolute atomic E-state index is 13.2. The third kappa shape index (κ3) is 3.99. The maximum Gasteiger partial charge on any atom is 0.314 e. The first-order chi connectivity index (χ1) is 8.43. The molecule has 1 aromatic rings. The Hall–Kier alpha value is -1.63. The fourth-order valence-electron chi connectivity index (χ4n) is 1.22. The Labute approximate surface area is 112 Å². The number of amides is 3. The van der Waals surface area contributed by atoms with Crippen LogP contribution in [0.4, 0.5) is 14.9 Å². The lowest BCUT2D eigenvalue weighted by Crippen LogP contribution is -2.38. The SMILES string of the molecule is CNC(=O)NCC(=O)Nc1cc(Br)c(F)cc1C. The Bertz CT molecular complexity index is 480. The van der Waals surface area contributed by atoms with Gasteiger partial charge >= 0.3 is 6.03 Å². The van der Waals surface area contributed by atoms with Crippen LogP contribution < -0.4 is 16.0 Å². The van der Waals surface area contributed by atoms with Crippen LogP contribution in [0.5, 0.6) is 0 Å². The summed E-state index contributed by atoms with van der Waals surface area (Å²) in [6, 6.07) is 2.34. The Morgan fingerprint density at radius 3 is 2.67 bits per heavy atom. The van der Waals surface area contributed by atoms with Gasteiger partial charge in [-0.2, -0.15) is 0 Å². The lowest BCUT2D eigenvalue weighted by Gasteiger charge is -2.10. The average molecular weight is 318 g/mol. The van der Waals surface area contributed by atoms with E-state index in [1.54, 1.807) is 6.92 Å². The third-order valence-corrected chi connectivity index (χ3v) is 2.79. The second-order valence-electron chi connectivity index (χ2n) is 3.56. The van der Waals surface area contributed by atoms with Crippen molar-refractivity contribution in [3.63, 3.8) is 0 Å². The summed E-state index contributed by atoms with van der Waals surface area (Å²) < 4.78 is 13.4. The molecule has 1 aromatic carbocycles. The molecule has 0 aliphatic carbocycles. The van der Waals surface area contributed by atoms with Crippen molar-refractivity contribution in [3.05, 3.63) is 28.0 Å². The summed E-state index contributed by atoms with van der Waals surface area (Å²) >= 11 is 3.04. The molecular formula is C11H13BrFN3O2. The molecule has 0 radical (unpaired) electrons. The highest BCUT2D eigenvalue weighted by atomic mass is 79.9. The molecule has 7 heteroatoms. The highest BCUT2D eigenvalue weighted by molar-refractivity contribution is 9.10. The molecule has 0 spiro atoms. The maximum atomic E-state index is 13.2. The molecule has 0 atom stereocenters. The molecule has 0 bridgehead atoms. The molecule has 0 heterocycles. The van der Waals surface area contributed by atoms with Crippen LogP contribution in [0.1, 0.15) is 5.56 Å². The molecule has 3 amide bonds. The molecule has 0 aliphatic heterocycles. The van der Waals surface area contributed by atoms with Crippen molar-refractivity contribution in [1.82, 2.24) is 10.6 Å². The van der Waals surface area contributed by atoms with Gasteiger partial charge in [-0.25, -0.2) is 9.18 Å². The van der Waals surface area contributed by atoms with Crippen molar-refractivity contribution in [2.75, 3.05) is 18.9 Å². The van der Waals surface area contributed by atoms with E-state index in [1.165, 1.54) is 19.2 Å². The van der Waals surface area contributed by atoms with Gasteiger partial charge in [-0.1, -0.05) is 0 Å². The molecule has 0 aromatic heterocycles. The normalized spacial score (nSPS) is 9.78. The molecule has 0 saturated heterocycles. The average Bonchev–Trinajstić information content (AvgIpc) is 2.33. The van der Waals surface area contributed by atoms with Gasteiger partial charge in [-0.3, -0.25) is 4.79 Å². The summed E-state index contributed by atoms with van der Waals surface area (Å²) in [5.74, 6) is -0.783. The zero-order valence-electron chi connectivity index (χ0n) is 9.93. The molecule has 0 fully saturated rings. The van der Waals surface area contributed by atoms with Crippen molar-refractivity contribution in [2.24, 2.45) is 0 Å². The zero-order valence-corrected chi connectivity index (χ0v) is 11.5. The van der Waals surface area contributed by atoms with Crippen LogP contribution in [0, 0.1) is 12.7 Å². The number of carbonyl (C=O) groups is 2. The number of halogens is 2. The number of aryl methyl sites for hydroxylation is 1. The first-order valence-electron chi connectivity index (χ1n) is 5.15. The number of carbonyl (C=O) groups excluding carboxylic acids is 2. The monoisotopic (exact) mass is 317 g/mol. The number of nitrogens with one attached hydrogen (secondary N) is 3. The van der Waals surface area contributed by atoms with Gasteiger partial charge in [0.25, 0.3) is 0 Å². The molecule has 18 heavy (non-hydrogen) atoms. The highest BCUT2D eigenvalue weighted by Gasteiger charge is 2.09. The quantitative estimate of drug-likeness (QED) is 0.795. The second-order valence-corrected chi connectivity index (χ2v) is 4.42. The van der Waals surface area contributed by atoms with Crippen molar-refractivity contribution in [2.45, 2.75) is 6.92 Å². The van der Waals surface area contributed by atoms with E-state index in [4.69, 9.17) is 0 Å². The fraction of sp³-hybridized carbons (Fsp3) is 0.273. The molecular weight excluding hydrogens is 305 g/mol. The van der Waals surface area contributed by atoms with E-state index in [0.29, 0.717) is 11.3 Å². The van der Waals surface area contributed by atoms with E-state index < -0.39 is 11.8 Å². The minimum absolute atomic E-state index is 0.159. The van der Waals surface area contributed by atoms with E-state index in [1.807, 2.05) is 0 Å². The largest absolute Gasteiger partial charge is 0.341 e. The molecule has 1 rings (SSSR count). The van der Waals surface area contributed by atoms with Crippen LogP contribution in [0.15, 0.2) is 16.6 Å². The summed E-state index contributed by atoms with van der Waals surface area (Å²) in [7, 11) is 1.45. The fourth-order valence-corrected chi connectivity index (χ4v) is 1.57. The van der Waals surface area contributed by atoms with Crippen LogP contribution in [0.2, 0.25) is 0 Å². The van der Waals surface area contributed by atoms with E-state index in [9.17, 15) is 14.0 Å². The van der Waals surface area contributed by atoms with Crippen molar-refractivity contribution in [3.8, 4) is 0 Å². The second kappa shape index (κ2) is 6.34. The number of benzene rings is 1. The van der Waals surface area contributed by atoms with E-state index >= 15 is 0 Å². The van der Waals surface area contributed by atoms with Crippen LogP contribution >= 0.6 is 15.9 Å². The summed E-state index contributed by atoms with van der Waals surface area (Å²) in [4.78, 5) is 22.4. The van der Waals surface area contributed by atoms with Gasteiger partial charge < -0.3 is 16.0 Å². The lowest BCUT2D eigenvalue weighted by molar-refractivity contribution is -0.115. The summed E-state index contributed by atoms with van der Waals surface area (Å²) in [6.45, 7) is 1.52. The van der Waals surface area contributed by atoms with Crippen LogP contribution in [0.3, 0.4) is 0 Å². The predicted octanol–water partition coefficient (Wildman–Crippen LogP) is 1.76. The highest BCUT2D eigenvalue weighted by Crippen LogP contribution is 2.24. The molecule has 0 saturated carbocycles. The number of hydrogen-bond donors (Lipinski definition) is 3. The van der Waals surface area contributed by atoms with Crippen LogP contribution in [0.25, 0.3) is 0 Å². The first kappa shape index (κ1) is 14.4.